The summed E-state index contributed by atoms with van der Waals surface area (Å²) in [5, 5.41) is 6.56. The van der Waals surface area contributed by atoms with Crippen molar-refractivity contribution in [3.8, 4) is 5.06 Å². The van der Waals surface area contributed by atoms with Gasteiger partial charge in [0.25, 0.3) is 0 Å². The largest absolute Gasteiger partial charge is 0.514 e. The van der Waals surface area contributed by atoms with Gasteiger partial charge in [-0.3, -0.25) is 0 Å². The minimum Gasteiger partial charge on any atom is -0.437 e. The van der Waals surface area contributed by atoms with Gasteiger partial charge in [0.05, 0.1) is 12.0 Å². The third-order valence-corrected chi connectivity index (χ3v) is 5.81. The molecule has 2 rings (SSSR count). The van der Waals surface area contributed by atoms with Crippen LogP contribution in [0.2, 0.25) is 0 Å². The first-order chi connectivity index (χ1) is 8.29. The predicted molar refractivity (Wildman–Crippen MR) is 73.4 cm³/mol. The molecule has 0 aromatic carbocycles. The summed E-state index contributed by atoms with van der Waals surface area (Å²) in [6, 6.07) is 3.97. The fourth-order valence-corrected chi connectivity index (χ4v) is 5.01. The Kier molecular flexibility index (Phi) is 4.78. The van der Waals surface area contributed by atoms with Crippen LogP contribution in [0, 0.1) is 0 Å². The van der Waals surface area contributed by atoms with Crippen LogP contribution in [0.25, 0.3) is 0 Å². The third kappa shape index (κ3) is 3.67. The standard InChI is InChI=1S/C10H8O3S4/c1-12-10(11)13-9-8(3-5-15-9)17-16-7-2-4-14-6-7/h2-6H,1H3. The Morgan fingerprint density at radius 2 is 2.18 bits per heavy atom. The van der Waals surface area contributed by atoms with Gasteiger partial charge in [0.1, 0.15) is 0 Å². The number of hydrogen-bond acceptors (Lipinski definition) is 7. The molecule has 0 atom stereocenters. The molecule has 17 heavy (non-hydrogen) atoms. The highest BCUT2D eigenvalue weighted by Crippen LogP contribution is 2.44. The molecule has 0 spiro atoms. The van der Waals surface area contributed by atoms with E-state index in [1.807, 2.05) is 16.8 Å². The Bertz CT molecular complexity index is 477. The van der Waals surface area contributed by atoms with E-state index in [2.05, 4.69) is 16.2 Å². The smallest absolute Gasteiger partial charge is 0.437 e. The zero-order chi connectivity index (χ0) is 12.1. The molecule has 2 heterocycles. The van der Waals surface area contributed by atoms with E-state index in [-0.39, 0.29) is 0 Å². The topological polar surface area (TPSA) is 35.5 Å². The number of rotatable bonds is 4. The summed E-state index contributed by atoms with van der Waals surface area (Å²) in [4.78, 5) is 13.1. The maximum absolute atomic E-state index is 11.0. The lowest BCUT2D eigenvalue weighted by atomic mass is 10.6. The first-order valence-corrected chi connectivity index (χ1v) is 8.47. The van der Waals surface area contributed by atoms with Crippen LogP contribution >= 0.6 is 44.3 Å². The molecular formula is C10H8O3S4. The van der Waals surface area contributed by atoms with Crippen molar-refractivity contribution in [2.75, 3.05) is 7.11 Å². The van der Waals surface area contributed by atoms with Gasteiger partial charge in [-0.2, -0.15) is 11.3 Å². The molecule has 0 aliphatic heterocycles. The fourth-order valence-electron chi connectivity index (χ4n) is 0.930. The first-order valence-electron chi connectivity index (χ1n) is 4.49. The minimum atomic E-state index is -0.685. The van der Waals surface area contributed by atoms with E-state index in [1.54, 1.807) is 32.9 Å². The van der Waals surface area contributed by atoms with Gasteiger partial charge in [0.2, 0.25) is 5.06 Å². The summed E-state index contributed by atoms with van der Waals surface area (Å²) in [6.07, 6.45) is -0.685. The summed E-state index contributed by atoms with van der Waals surface area (Å²) in [5.74, 6) is 0. The molecule has 3 nitrogen and oxygen atoms in total. The van der Waals surface area contributed by atoms with Crippen molar-refractivity contribution in [2.45, 2.75) is 9.79 Å². The molecule has 0 aliphatic carbocycles. The second-order valence-corrected chi connectivity index (χ2v) is 6.66. The zero-order valence-corrected chi connectivity index (χ0v) is 12.0. The van der Waals surface area contributed by atoms with Crippen LogP contribution in [0.3, 0.4) is 0 Å². The Morgan fingerprint density at radius 1 is 1.29 bits per heavy atom. The van der Waals surface area contributed by atoms with E-state index in [9.17, 15) is 4.79 Å². The van der Waals surface area contributed by atoms with E-state index < -0.39 is 6.16 Å². The number of carbonyl (C=O) groups is 1. The van der Waals surface area contributed by atoms with Gasteiger partial charge in [-0.1, -0.05) is 10.8 Å². The molecule has 0 aliphatic rings. The lowest BCUT2D eigenvalue weighted by Crippen LogP contribution is -2.06. The van der Waals surface area contributed by atoms with Gasteiger partial charge in [-0.25, -0.2) is 4.79 Å². The number of hydrogen-bond donors (Lipinski definition) is 0. The number of ether oxygens (including phenoxy) is 2. The molecular weight excluding hydrogens is 296 g/mol. The van der Waals surface area contributed by atoms with Gasteiger partial charge in [-0.05, 0) is 33.7 Å². The lowest BCUT2D eigenvalue weighted by Gasteiger charge is -2.02. The molecule has 0 bridgehead atoms. The second-order valence-electron chi connectivity index (χ2n) is 2.75. The van der Waals surface area contributed by atoms with Gasteiger partial charge >= 0.3 is 6.16 Å². The molecule has 7 heteroatoms. The maximum Gasteiger partial charge on any atom is 0.514 e. The third-order valence-electron chi connectivity index (χ3n) is 1.66. The van der Waals surface area contributed by atoms with Crippen molar-refractivity contribution in [3.63, 3.8) is 0 Å². The SMILES string of the molecule is COC(=O)Oc1sccc1SSc1ccsc1. The Balaban J connectivity index is 1.96. The summed E-state index contributed by atoms with van der Waals surface area (Å²) in [5.41, 5.74) is 0. The number of carbonyl (C=O) groups excluding carboxylic acids is 1. The zero-order valence-electron chi connectivity index (χ0n) is 8.74. The summed E-state index contributed by atoms with van der Waals surface area (Å²) >= 11 is 3.03. The van der Waals surface area contributed by atoms with Gasteiger partial charge in [0, 0.05) is 10.3 Å². The van der Waals surface area contributed by atoms with Crippen molar-refractivity contribution in [3.05, 3.63) is 28.3 Å². The number of thiophene rings is 2. The van der Waals surface area contributed by atoms with Crippen LogP contribution < -0.4 is 4.74 Å². The molecule has 0 radical (unpaired) electrons. The Morgan fingerprint density at radius 3 is 2.88 bits per heavy atom. The highest BCUT2D eigenvalue weighted by molar-refractivity contribution is 8.76. The van der Waals surface area contributed by atoms with Crippen molar-refractivity contribution in [1.29, 1.82) is 0 Å². The van der Waals surface area contributed by atoms with Crippen LogP contribution in [0.4, 0.5) is 4.79 Å². The molecule has 2 aromatic heterocycles. The van der Waals surface area contributed by atoms with E-state index in [4.69, 9.17) is 4.74 Å². The van der Waals surface area contributed by atoms with E-state index in [0.29, 0.717) is 5.06 Å². The van der Waals surface area contributed by atoms with E-state index in [0.717, 1.165) is 4.90 Å². The van der Waals surface area contributed by atoms with E-state index >= 15 is 0 Å². The predicted octanol–water partition coefficient (Wildman–Crippen LogP) is 4.75. The first kappa shape index (κ1) is 12.8. The Labute approximate surface area is 115 Å². The van der Waals surface area contributed by atoms with Gasteiger partial charge in [0.15, 0.2) is 0 Å². The quantitative estimate of drug-likeness (QED) is 0.601. The van der Waals surface area contributed by atoms with Crippen LogP contribution in [-0.2, 0) is 4.74 Å². The summed E-state index contributed by atoms with van der Waals surface area (Å²) < 4.78 is 9.49. The molecule has 0 fully saturated rings. The summed E-state index contributed by atoms with van der Waals surface area (Å²) in [6.45, 7) is 0. The normalized spacial score (nSPS) is 10.2. The average Bonchev–Trinajstić information content (AvgIpc) is 2.97. The Hall–Kier alpha value is -0.630. The second kappa shape index (κ2) is 6.34. The van der Waals surface area contributed by atoms with Gasteiger partial charge in [-0.15, -0.1) is 11.3 Å². The molecule has 0 amide bonds. The maximum atomic E-state index is 11.0. The van der Waals surface area contributed by atoms with Crippen LogP contribution in [0.5, 0.6) is 5.06 Å². The van der Waals surface area contributed by atoms with Crippen molar-refractivity contribution in [1.82, 2.24) is 0 Å². The monoisotopic (exact) mass is 304 g/mol. The van der Waals surface area contributed by atoms with Crippen molar-refractivity contribution < 1.29 is 14.3 Å². The molecule has 0 saturated heterocycles. The van der Waals surface area contributed by atoms with Crippen LogP contribution in [0.1, 0.15) is 0 Å². The van der Waals surface area contributed by atoms with Crippen molar-refractivity contribution in [2.24, 2.45) is 0 Å². The minimum absolute atomic E-state index is 0.574. The van der Waals surface area contributed by atoms with E-state index in [1.165, 1.54) is 23.3 Å². The van der Waals surface area contributed by atoms with Crippen molar-refractivity contribution >= 4 is 50.4 Å². The van der Waals surface area contributed by atoms with Crippen LogP contribution in [0.15, 0.2) is 38.1 Å². The van der Waals surface area contributed by atoms with Crippen LogP contribution in [-0.4, -0.2) is 13.3 Å². The molecule has 90 valence electrons. The summed E-state index contributed by atoms with van der Waals surface area (Å²) in [7, 11) is 4.49. The highest BCUT2D eigenvalue weighted by atomic mass is 33.1. The fraction of sp³-hybridized carbons (Fsp3) is 0.100. The molecule has 2 aromatic rings. The highest BCUT2D eigenvalue weighted by Gasteiger charge is 2.12. The average molecular weight is 304 g/mol. The molecule has 0 N–H and O–H groups in total. The lowest BCUT2D eigenvalue weighted by molar-refractivity contribution is 0.122. The van der Waals surface area contributed by atoms with Gasteiger partial charge < -0.3 is 9.47 Å². The number of methoxy groups -OCH3 is 1. The molecule has 0 unspecified atom stereocenters. The molecule has 0 saturated carbocycles.